The fourth-order valence-corrected chi connectivity index (χ4v) is 1.80. The number of carboxylic acids is 1. The van der Waals surface area contributed by atoms with Gasteiger partial charge in [-0.15, -0.1) is 0 Å². The van der Waals surface area contributed by atoms with Gasteiger partial charge in [0.15, 0.2) is 11.6 Å². The van der Waals surface area contributed by atoms with Gasteiger partial charge in [0.05, 0.1) is 10.6 Å². The van der Waals surface area contributed by atoms with Gasteiger partial charge in [-0.1, -0.05) is 23.7 Å². The van der Waals surface area contributed by atoms with E-state index in [0.29, 0.717) is 11.1 Å². The molecule has 92 valence electrons. The second-order valence-electron chi connectivity index (χ2n) is 3.63. The summed E-state index contributed by atoms with van der Waals surface area (Å²) in [6.07, 6.45) is 0. The van der Waals surface area contributed by atoms with Crippen LogP contribution in [0.25, 0.3) is 11.1 Å². The fraction of sp³-hybridized carbons (Fsp3) is 0. The Kier molecular flexibility index (Phi) is 3.30. The Bertz CT molecular complexity index is 609. The smallest absolute Gasteiger partial charge is 0.335 e. The SMILES string of the molecule is O=C(O)c1ccc(-c2cc(F)c(F)cc2Cl)cc1. The molecule has 0 fully saturated rings. The summed E-state index contributed by atoms with van der Waals surface area (Å²) in [4.78, 5) is 10.7. The van der Waals surface area contributed by atoms with Crippen molar-refractivity contribution in [3.8, 4) is 11.1 Å². The van der Waals surface area contributed by atoms with Crippen LogP contribution in [0.4, 0.5) is 8.78 Å². The zero-order chi connectivity index (χ0) is 13.3. The first-order valence-electron chi connectivity index (χ1n) is 4.97. The van der Waals surface area contributed by atoms with Crippen molar-refractivity contribution in [1.29, 1.82) is 0 Å². The van der Waals surface area contributed by atoms with Crippen molar-refractivity contribution in [2.75, 3.05) is 0 Å². The summed E-state index contributed by atoms with van der Waals surface area (Å²) >= 11 is 5.82. The molecule has 2 aromatic rings. The van der Waals surface area contributed by atoms with Crippen LogP contribution < -0.4 is 0 Å². The zero-order valence-electron chi connectivity index (χ0n) is 8.95. The standard InChI is InChI=1S/C13H7ClF2O2/c14-10-6-12(16)11(15)5-9(10)7-1-3-8(4-2-7)13(17)18/h1-6H,(H,17,18). The van der Waals surface area contributed by atoms with Crippen molar-refractivity contribution in [3.63, 3.8) is 0 Å². The number of rotatable bonds is 2. The molecule has 2 rings (SSSR count). The summed E-state index contributed by atoms with van der Waals surface area (Å²) in [5, 5.41) is 8.81. The number of halogens is 3. The van der Waals surface area contributed by atoms with Gasteiger partial charge in [0.1, 0.15) is 0 Å². The molecule has 2 aromatic carbocycles. The quantitative estimate of drug-likeness (QED) is 0.837. The van der Waals surface area contributed by atoms with Crippen molar-refractivity contribution in [2.24, 2.45) is 0 Å². The molecule has 0 radical (unpaired) electrons. The number of carbonyl (C=O) groups is 1. The highest BCUT2D eigenvalue weighted by molar-refractivity contribution is 6.33. The van der Waals surface area contributed by atoms with E-state index in [-0.39, 0.29) is 10.6 Å². The van der Waals surface area contributed by atoms with E-state index in [1.807, 2.05) is 0 Å². The molecule has 0 unspecified atom stereocenters. The molecule has 5 heteroatoms. The molecule has 0 aliphatic heterocycles. The molecule has 0 aromatic heterocycles. The van der Waals surface area contributed by atoms with Crippen LogP contribution in [0.2, 0.25) is 5.02 Å². The second-order valence-corrected chi connectivity index (χ2v) is 4.04. The topological polar surface area (TPSA) is 37.3 Å². The Morgan fingerprint density at radius 1 is 1.06 bits per heavy atom. The third-order valence-electron chi connectivity index (χ3n) is 2.45. The normalized spacial score (nSPS) is 10.4. The average molecular weight is 269 g/mol. The molecule has 0 saturated heterocycles. The summed E-state index contributed by atoms with van der Waals surface area (Å²) in [5.41, 5.74) is 0.939. The molecule has 2 nitrogen and oxygen atoms in total. The predicted octanol–water partition coefficient (Wildman–Crippen LogP) is 3.98. The minimum Gasteiger partial charge on any atom is -0.478 e. The van der Waals surface area contributed by atoms with Gasteiger partial charge in [0, 0.05) is 5.56 Å². The monoisotopic (exact) mass is 268 g/mol. The molecule has 0 saturated carbocycles. The van der Waals surface area contributed by atoms with E-state index >= 15 is 0 Å². The van der Waals surface area contributed by atoms with Crippen molar-refractivity contribution < 1.29 is 18.7 Å². The Hall–Kier alpha value is -1.94. The molecule has 0 amide bonds. The molecule has 0 spiro atoms. The van der Waals surface area contributed by atoms with Crippen LogP contribution in [-0.2, 0) is 0 Å². The van der Waals surface area contributed by atoms with E-state index in [0.717, 1.165) is 12.1 Å². The van der Waals surface area contributed by atoms with Gasteiger partial charge in [0.2, 0.25) is 0 Å². The van der Waals surface area contributed by atoms with Gasteiger partial charge in [-0.25, -0.2) is 13.6 Å². The van der Waals surface area contributed by atoms with Crippen molar-refractivity contribution in [2.45, 2.75) is 0 Å². The summed E-state index contributed by atoms with van der Waals surface area (Å²) in [6.45, 7) is 0. The number of carboxylic acid groups (broad SMARTS) is 1. The minimum absolute atomic E-state index is 0.0666. The molecule has 0 bridgehead atoms. The minimum atomic E-state index is -1.06. The number of benzene rings is 2. The van der Waals surface area contributed by atoms with E-state index in [4.69, 9.17) is 16.7 Å². The maximum atomic E-state index is 13.1. The molecule has 0 aliphatic rings. The molecule has 18 heavy (non-hydrogen) atoms. The number of hydrogen-bond donors (Lipinski definition) is 1. The highest BCUT2D eigenvalue weighted by atomic mass is 35.5. The van der Waals surface area contributed by atoms with Crippen LogP contribution in [0.15, 0.2) is 36.4 Å². The molecule has 0 heterocycles. The van der Waals surface area contributed by atoms with Crippen molar-refractivity contribution >= 4 is 17.6 Å². The highest BCUT2D eigenvalue weighted by Gasteiger charge is 2.11. The maximum Gasteiger partial charge on any atom is 0.335 e. The molecular weight excluding hydrogens is 262 g/mol. The van der Waals surface area contributed by atoms with Crippen molar-refractivity contribution in [3.05, 3.63) is 58.6 Å². The Morgan fingerprint density at radius 3 is 2.17 bits per heavy atom. The van der Waals surface area contributed by atoms with Crippen LogP contribution >= 0.6 is 11.6 Å². The number of aromatic carboxylic acids is 1. The van der Waals surface area contributed by atoms with E-state index in [2.05, 4.69) is 0 Å². The Balaban J connectivity index is 2.49. The van der Waals surface area contributed by atoms with E-state index in [9.17, 15) is 13.6 Å². The average Bonchev–Trinajstić information content (AvgIpc) is 2.34. The first kappa shape index (κ1) is 12.5. The van der Waals surface area contributed by atoms with Crippen LogP contribution in [0.3, 0.4) is 0 Å². The summed E-state index contributed by atoms with van der Waals surface area (Å²) in [7, 11) is 0. The van der Waals surface area contributed by atoms with Crippen LogP contribution in [0, 0.1) is 11.6 Å². The second kappa shape index (κ2) is 4.74. The lowest BCUT2D eigenvalue weighted by Crippen LogP contribution is -1.95. The number of hydrogen-bond acceptors (Lipinski definition) is 1. The van der Waals surface area contributed by atoms with Gasteiger partial charge in [-0.05, 0) is 29.8 Å². The van der Waals surface area contributed by atoms with Gasteiger partial charge < -0.3 is 5.11 Å². The molecule has 1 N–H and O–H groups in total. The fourth-order valence-electron chi connectivity index (χ4n) is 1.54. The van der Waals surface area contributed by atoms with Gasteiger partial charge in [0.25, 0.3) is 0 Å². The Labute approximate surface area is 106 Å². The zero-order valence-corrected chi connectivity index (χ0v) is 9.71. The molecule has 0 atom stereocenters. The molecule has 0 aliphatic carbocycles. The summed E-state index contributed by atoms with van der Waals surface area (Å²) in [5.74, 6) is -3.08. The van der Waals surface area contributed by atoms with E-state index < -0.39 is 17.6 Å². The summed E-state index contributed by atoms with van der Waals surface area (Å²) in [6, 6.07) is 7.58. The van der Waals surface area contributed by atoms with Gasteiger partial charge >= 0.3 is 5.97 Å². The maximum absolute atomic E-state index is 13.1. The lowest BCUT2D eigenvalue weighted by atomic mass is 10.0. The van der Waals surface area contributed by atoms with E-state index in [1.165, 1.54) is 24.3 Å². The predicted molar refractivity (Wildman–Crippen MR) is 63.8 cm³/mol. The lowest BCUT2D eigenvalue weighted by Gasteiger charge is -2.06. The van der Waals surface area contributed by atoms with Crippen LogP contribution in [0.1, 0.15) is 10.4 Å². The van der Waals surface area contributed by atoms with Crippen LogP contribution in [0.5, 0.6) is 0 Å². The van der Waals surface area contributed by atoms with Gasteiger partial charge in [-0.2, -0.15) is 0 Å². The third-order valence-corrected chi connectivity index (χ3v) is 2.77. The van der Waals surface area contributed by atoms with Crippen molar-refractivity contribution in [1.82, 2.24) is 0 Å². The Morgan fingerprint density at radius 2 is 1.61 bits per heavy atom. The largest absolute Gasteiger partial charge is 0.478 e. The van der Waals surface area contributed by atoms with Crippen LogP contribution in [-0.4, -0.2) is 11.1 Å². The highest BCUT2D eigenvalue weighted by Crippen LogP contribution is 2.30. The lowest BCUT2D eigenvalue weighted by molar-refractivity contribution is 0.0697. The third kappa shape index (κ3) is 2.33. The first-order chi connectivity index (χ1) is 8.49. The first-order valence-corrected chi connectivity index (χ1v) is 5.35. The van der Waals surface area contributed by atoms with E-state index in [1.54, 1.807) is 0 Å². The molecular formula is C13H7ClF2O2. The summed E-state index contributed by atoms with van der Waals surface area (Å²) < 4.78 is 26.0. The van der Waals surface area contributed by atoms with Gasteiger partial charge in [-0.3, -0.25) is 0 Å².